The number of carbonyl (C=O) groups is 1. The van der Waals surface area contributed by atoms with Gasteiger partial charge in [-0.3, -0.25) is 0 Å². The van der Waals surface area contributed by atoms with Gasteiger partial charge < -0.3 is 10.4 Å². The molecule has 18 heavy (non-hydrogen) atoms. The molecule has 0 spiro atoms. The maximum atomic E-state index is 12.5. The summed E-state index contributed by atoms with van der Waals surface area (Å²) < 4.78 is 12.5. The van der Waals surface area contributed by atoms with Crippen LogP contribution in [0.4, 0.5) is 15.8 Å². The molecule has 0 bridgehead atoms. The van der Waals surface area contributed by atoms with E-state index in [0.29, 0.717) is 16.9 Å². The van der Waals surface area contributed by atoms with Crippen molar-refractivity contribution in [3.05, 3.63) is 59.7 Å². The molecule has 2 rings (SSSR count). The van der Waals surface area contributed by atoms with E-state index in [1.165, 1.54) is 6.07 Å². The fourth-order valence-electron chi connectivity index (χ4n) is 1.67. The minimum Gasteiger partial charge on any atom is -0.478 e. The van der Waals surface area contributed by atoms with E-state index >= 15 is 0 Å². The molecule has 2 N–H and O–H groups in total. The molecule has 92 valence electrons. The minimum absolute atomic E-state index is 0.183. The number of anilines is 2. The Balaban J connectivity index is 2.31. The van der Waals surface area contributed by atoms with Crippen molar-refractivity contribution in [3.63, 3.8) is 0 Å². The highest BCUT2D eigenvalue weighted by Crippen LogP contribution is 2.21. The zero-order valence-corrected chi connectivity index (χ0v) is 9.56. The van der Waals surface area contributed by atoms with Crippen LogP contribution in [-0.4, -0.2) is 11.1 Å². The topological polar surface area (TPSA) is 49.3 Å². The standard InChI is InChI=1S/C14H12FNO2/c15-9-10-4-3-5-11(8-10)16-13-7-2-1-6-12(13)14(17)18/h1-8,16H,9H2,(H,17,18). The van der Waals surface area contributed by atoms with Crippen LogP contribution in [0.3, 0.4) is 0 Å². The van der Waals surface area contributed by atoms with E-state index in [1.54, 1.807) is 42.5 Å². The molecule has 0 atom stereocenters. The molecule has 2 aromatic carbocycles. The molecule has 0 fully saturated rings. The number of para-hydroxylation sites is 1. The van der Waals surface area contributed by atoms with Crippen molar-refractivity contribution >= 4 is 17.3 Å². The lowest BCUT2D eigenvalue weighted by molar-refractivity contribution is 0.0698. The van der Waals surface area contributed by atoms with Gasteiger partial charge in [-0.05, 0) is 29.8 Å². The lowest BCUT2D eigenvalue weighted by Crippen LogP contribution is -2.02. The van der Waals surface area contributed by atoms with Gasteiger partial charge in [-0.2, -0.15) is 0 Å². The van der Waals surface area contributed by atoms with Gasteiger partial charge in [0.25, 0.3) is 0 Å². The highest BCUT2D eigenvalue weighted by Gasteiger charge is 2.08. The molecule has 0 saturated carbocycles. The van der Waals surface area contributed by atoms with Crippen LogP contribution in [0.15, 0.2) is 48.5 Å². The van der Waals surface area contributed by atoms with Gasteiger partial charge in [-0.15, -0.1) is 0 Å². The third kappa shape index (κ3) is 2.66. The number of rotatable bonds is 4. The van der Waals surface area contributed by atoms with Crippen LogP contribution >= 0.6 is 0 Å². The van der Waals surface area contributed by atoms with E-state index in [4.69, 9.17) is 5.11 Å². The number of aromatic carboxylic acids is 1. The summed E-state index contributed by atoms with van der Waals surface area (Å²) in [4.78, 5) is 11.0. The summed E-state index contributed by atoms with van der Waals surface area (Å²) in [6.45, 7) is -0.546. The number of carboxylic acid groups (broad SMARTS) is 1. The Morgan fingerprint density at radius 3 is 2.67 bits per heavy atom. The van der Waals surface area contributed by atoms with E-state index < -0.39 is 12.6 Å². The molecule has 0 aliphatic heterocycles. The van der Waals surface area contributed by atoms with E-state index in [-0.39, 0.29) is 5.56 Å². The Kier molecular flexibility index (Phi) is 3.57. The number of halogens is 1. The SMILES string of the molecule is O=C(O)c1ccccc1Nc1cccc(CF)c1. The van der Waals surface area contributed by atoms with Crippen LogP contribution in [-0.2, 0) is 6.67 Å². The molecule has 0 saturated heterocycles. The summed E-state index contributed by atoms with van der Waals surface area (Å²) in [6, 6.07) is 13.4. The van der Waals surface area contributed by atoms with Crippen molar-refractivity contribution in [2.24, 2.45) is 0 Å². The van der Waals surface area contributed by atoms with Crippen molar-refractivity contribution in [2.75, 3.05) is 5.32 Å². The highest BCUT2D eigenvalue weighted by molar-refractivity contribution is 5.95. The Morgan fingerprint density at radius 1 is 1.17 bits per heavy atom. The quantitative estimate of drug-likeness (QED) is 0.865. The molecule has 0 heterocycles. The van der Waals surface area contributed by atoms with Gasteiger partial charge in [-0.1, -0.05) is 24.3 Å². The first kappa shape index (κ1) is 12.1. The molecule has 0 aromatic heterocycles. The van der Waals surface area contributed by atoms with Crippen LogP contribution in [0.5, 0.6) is 0 Å². The Labute approximate surface area is 104 Å². The lowest BCUT2D eigenvalue weighted by Gasteiger charge is -2.10. The van der Waals surface area contributed by atoms with Crippen molar-refractivity contribution in [3.8, 4) is 0 Å². The minimum atomic E-state index is -1.00. The number of alkyl halides is 1. The number of hydrogen-bond donors (Lipinski definition) is 2. The van der Waals surface area contributed by atoms with E-state index in [1.807, 2.05) is 0 Å². The summed E-state index contributed by atoms with van der Waals surface area (Å²) in [7, 11) is 0. The molecule has 4 heteroatoms. The first-order valence-corrected chi connectivity index (χ1v) is 5.45. The molecule has 0 aliphatic carbocycles. The Hall–Kier alpha value is -2.36. The first-order chi connectivity index (χ1) is 8.70. The van der Waals surface area contributed by atoms with E-state index in [9.17, 15) is 9.18 Å². The number of nitrogens with one attached hydrogen (secondary N) is 1. The maximum absolute atomic E-state index is 12.5. The van der Waals surface area contributed by atoms with Gasteiger partial charge >= 0.3 is 5.97 Å². The highest BCUT2D eigenvalue weighted by atomic mass is 19.1. The Morgan fingerprint density at radius 2 is 1.94 bits per heavy atom. The lowest BCUT2D eigenvalue weighted by atomic mass is 10.1. The normalized spacial score (nSPS) is 10.1. The maximum Gasteiger partial charge on any atom is 0.337 e. The van der Waals surface area contributed by atoms with Gasteiger partial charge in [0.15, 0.2) is 0 Å². The molecule has 0 amide bonds. The van der Waals surface area contributed by atoms with Gasteiger partial charge in [0.05, 0.1) is 11.3 Å². The predicted octanol–water partition coefficient (Wildman–Crippen LogP) is 3.60. The van der Waals surface area contributed by atoms with Crippen molar-refractivity contribution in [1.29, 1.82) is 0 Å². The fourth-order valence-corrected chi connectivity index (χ4v) is 1.67. The van der Waals surface area contributed by atoms with Gasteiger partial charge in [0.2, 0.25) is 0 Å². The molecule has 0 unspecified atom stereocenters. The largest absolute Gasteiger partial charge is 0.478 e. The van der Waals surface area contributed by atoms with Crippen LogP contribution in [0.2, 0.25) is 0 Å². The smallest absolute Gasteiger partial charge is 0.337 e. The average Bonchev–Trinajstić information content (AvgIpc) is 2.39. The van der Waals surface area contributed by atoms with Crippen molar-refractivity contribution < 1.29 is 14.3 Å². The summed E-state index contributed by atoms with van der Waals surface area (Å²) in [5.41, 5.74) is 1.89. The van der Waals surface area contributed by atoms with Crippen LogP contribution in [0.25, 0.3) is 0 Å². The van der Waals surface area contributed by atoms with Gasteiger partial charge in [-0.25, -0.2) is 9.18 Å². The molecule has 3 nitrogen and oxygen atoms in total. The first-order valence-electron chi connectivity index (χ1n) is 5.45. The number of carboxylic acids is 1. The zero-order chi connectivity index (χ0) is 13.0. The summed E-state index contributed by atoms with van der Waals surface area (Å²) in [5.74, 6) is -1.00. The average molecular weight is 245 g/mol. The van der Waals surface area contributed by atoms with Crippen molar-refractivity contribution in [1.82, 2.24) is 0 Å². The van der Waals surface area contributed by atoms with Gasteiger partial charge in [0.1, 0.15) is 6.67 Å². The molecular weight excluding hydrogens is 233 g/mol. The Bertz CT molecular complexity index is 569. The molecule has 0 aliphatic rings. The third-order valence-electron chi connectivity index (χ3n) is 2.52. The summed E-state index contributed by atoms with van der Waals surface area (Å²) in [6.07, 6.45) is 0. The number of hydrogen-bond acceptors (Lipinski definition) is 2. The van der Waals surface area contributed by atoms with E-state index in [2.05, 4.69) is 5.32 Å². The van der Waals surface area contributed by atoms with E-state index in [0.717, 1.165) is 0 Å². The monoisotopic (exact) mass is 245 g/mol. The van der Waals surface area contributed by atoms with Crippen LogP contribution in [0, 0.1) is 0 Å². The van der Waals surface area contributed by atoms with Crippen LogP contribution in [0.1, 0.15) is 15.9 Å². The van der Waals surface area contributed by atoms with Gasteiger partial charge in [0, 0.05) is 5.69 Å². The summed E-state index contributed by atoms with van der Waals surface area (Å²) in [5, 5.41) is 12.0. The predicted molar refractivity (Wildman–Crippen MR) is 67.9 cm³/mol. The van der Waals surface area contributed by atoms with Crippen molar-refractivity contribution in [2.45, 2.75) is 6.67 Å². The molecule has 0 radical (unpaired) electrons. The third-order valence-corrected chi connectivity index (χ3v) is 2.52. The fraction of sp³-hybridized carbons (Fsp3) is 0.0714. The van der Waals surface area contributed by atoms with Crippen LogP contribution < -0.4 is 5.32 Å². The second-order valence-corrected chi connectivity index (χ2v) is 3.81. The molecular formula is C14H12FNO2. The zero-order valence-electron chi connectivity index (χ0n) is 9.56. The second kappa shape index (κ2) is 5.31. The summed E-state index contributed by atoms with van der Waals surface area (Å²) >= 11 is 0. The molecule has 2 aromatic rings. The second-order valence-electron chi connectivity index (χ2n) is 3.81. The number of benzene rings is 2.